The molecule has 0 spiro atoms. The fourth-order valence-electron chi connectivity index (χ4n) is 4.21. The van der Waals surface area contributed by atoms with Crippen LogP contribution in [0.1, 0.15) is 29.8 Å². The molecule has 4 aromatic carbocycles. The number of carbonyl (C=O) groups is 4. The van der Waals surface area contributed by atoms with Crippen LogP contribution < -0.4 is 30.7 Å². The Bertz CT molecular complexity index is 1720. The van der Waals surface area contributed by atoms with E-state index in [1.165, 1.54) is 32.9 Å². The van der Waals surface area contributed by atoms with Gasteiger partial charge in [0.1, 0.15) is 5.70 Å². The monoisotopic (exact) mass is 638 g/mol. The van der Waals surface area contributed by atoms with Crippen LogP contribution in [0.2, 0.25) is 0 Å². The van der Waals surface area contributed by atoms with Crippen molar-refractivity contribution >= 4 is 58.5 Å². The summed E-state index contributed by atoms with van der Waals surface area (Å²) in [6.07, 6.45) is 1.55. The Morgan fingerprint density at radius 3 is 1.91 bits per heavy atom. The highest BCUT2D eigenvalue weighted by molar-refractivity contribution is 8.00. The van der Waals surface area contributed by atoms with E-state index in [1.54, 1.807) is 110 Å². The van der Waals surface area contributed by atoms with Gasteiger partial charge in [-0.1, -0.05) is 24.3 Å². The number of nitrogens with one attached hydrogen (secondary N) is 4. The zero-order chi connectivity index (χ0) is 33.1. The number of methoxy groups -OCH3 is 2. The minimum absolute atomic E-state index is 0.0231. The second-order valence-corrected chi connectivity index (χ2v) is 11.4. The van der Waals surface area contributed by atoms with E-state index in [9.17, 15) is 19.2 Å². The summed E-state index contributed by atoms with van der Waals surface area (Å²) >= 11 is 1.36. The summed E-state index contributed by atoms with van der Waals surface area (Å²) in [5, 5.41) is 10.7. The minimum Gasteiger partial charge on any atom is -0.493 e. The third kappa shape index (κ3) is 9.47. The molecule has 4 amide bonds. The SMILES string of the molecule is COc1ccc(/C=C(\NC(=O)c2ccccc2)C(=O)Nc2ccc(SC(C)C(=O)Nc3ccc(NC(C)=O)cc3)cc2)cc1OC. The first-order valence-corrected chi connectivity index (χ1v) is 15.1. The van der Waals surface area contributed by atoms with Crippen molar-refractivity contribution in [3.8, 4) is 11.5 Å². The third-order valence-corrected chi connectivity index (χ3v) is 7.63. The Balaban J connectivity index is 1.43. The van der Waals surface area contributed by atoms with E-state index in [0.717, 1.165) is 4.90 Å². The lowest BCUT2D eigenvalue weighted by Crippen LogP contribution is -2.30. The number of anilines is 3. The number of hydrogen-bond donors (Lipinski definition) is 4. The minimum atomic E-state index is -0.531. The summed E-state index contributed by atoms with van der Waals surface area (Å²) in [5.74, 6) is -0.327. The number of carbonyl (C=O) groups excluding carboxylic acids is 4. The molecule has 0 heterocycles. The summed E-state index contributed by atoms with van der Waals surface area (Å²) < 4.78 is 10.7. The molecule has 0 radical (unpaired) electrons. The quantitative estimate of drug-likeness (QED) is 0.107. The molecule has 1 atom stereocenters. The first kappa shape index (κ1) is 33.3. The van der Waals surface area contributed by atoms with Crippen molar-refractivity contribution < 1.29 is 28.7 Å². The highest BCUT2D eigenvalue weighted by Crippen LogP contribution is 2.29. The molecule has 10 nitrogen and oxygen atoms in total. The van der Waals surface area contributed by atoms with E-state index < -0.39 is 17.1 Å². The Morgan fingerprint density at radius 2 is 1.30 bits per heavy atom. The van der Waals surface area contributed by atoms with Gasteiger partial charge in [-0.15, -0.1) is 11.8 Å². The van der Waals surface area contributed by atoms with Crippen molar-refractivity contribution in [1.29, 1.82) is 0 Å². The molecular formula is C35H34N4O6S. The first-order valence-electron chi connectivity index (χ1n) is 14.2. The summed E-state index contributed by atoms with van der Waals surface area (Å²) in [7, 11) is 3.04. The van der Waals surface area contributed by atoms with Crippen LogP contribution in [0.15, 0.2) is 108 Å². The number of rotatable bonds is 12. The van der Waals surface area contributed by atoms with E-state index in [2.05, 4.69) is 21.3 Å². The number of amides is 4. The van der Waals surface area contributed by atoms with Crippen molar-refractivity contribution in [1.82, 2.24) is 5.32 Å². The molecule has 0 saturated carbocycles. The zero-order valence-corrected chi connectivity index (χ0v) is 26.6. The van der Waals surface area contributed by atoms with Crippen molar-refractivity contribution in [3.05, 3.63) is 114 Å². The van der Waals surface area contributed by atoms with Crippen LogP contribution in [-0.4, -0.2) is 43.1 Å². The Kier molecular flexibility index (Phi) is 11.6. The van der Waals surface area contributed by atoms with Crippen LogP contribution in [-0.2, 0) is 14.4 Å². The molecule has 0 aliphatic carbocycles. The topological polar surface area (TPSA) is 135 Å². The molecule has 1 unspecified atom stereocenters. The number of hydrogen-bond acceptors (Lipinski definition) is 7. The predicted octanol–water partition coefficient (Wildman–Crippen LogP) is 6.19. The van der Waals surface area contributed by atoms with Gasteiger partial charge in [0.15, 0.2) is 11.5 Å². The number of ether oxygens (including phenoxy) is 2. The van der Waals surface area contributed by atoms with E-state index >= 15 is 0 Å². The summed E-state index contributed by atoms with van der Waals surface area (Å²) in [5.41, 5.74) is 2.78. The maximum absolute atomic E-state index is 13.4. The van der Waals surface area contributed by atoms with E-state index in [4.69, 9.17) is 9.47 Å². The van der Waals surface area contributed by atoms with Crippen LogP contribution in [0.3, 0.4) is 0 Å². The third-order valence-electron chi connectivity index (χ3n) is 6.51. The smallest absolute Gasteiger partial charge is 0.272 e. The number of thioether (sulfide) groups is 1. The van der Waals surface area contributed by atoms with Gasteiger partial charge in [-0.05, 0) is 91.4 Å². The average molecular weight is 639 g/mol. The molecule has 236 valence electrons. The normalized spacial score (nSPS) is 11.5. The highest BCUT2D eigenvalue weighted by atomic mass is 32.2. The van der Waals surface area contributed by atoms with Crippen LogP contribution >= 0.6 is 11.8 Å². The van der Waals surface area contributed by atoms with E-state index in [-0.39, 0.29) is 17.5 Å². The summed E-state index contributed by atoms with van der Waals surface area (Å²) in [4.78, 5) is 51.2. The Morgan fingerprint density at radius 1 is 0.717 bits per heavy atom. The van der Waals surface area contributed by atoms with E-state index in [1.807, 2.05) is 0 Å². The van der Waals surface area contributed by atoms with Gasteiger partial charge in [0.05, 0.1) is 19.5 Å². The van der Waals surface area contributed by atoms with E-state index in [0.29, 0.717) is 39.7 Å². The van der Waals surface area contributed by atoms with Gasteiger partial charge in [0.25, 0.3) is 11.8 Å². The largest absolute Gasteiger partial charge is 0.493 e. The maximum atomic E-state index is 13.4. The van der Waals surface area contributed by atoms with Crippen LogP contribution in [0.4, 0.5) is 17.1 Å². The Hall–Kier alpha value is -5.55. The van der Waals surface area contributed by atoms with Crippen molar-refractivity contribution in [2.45, 2.75) is 24.0 Å². The highest BCUT2D eigenvalue weighted by Gasteiger charge is 2.17. The molecule has 4 rings (SSSR count). The Labute approximate surface area is 271 Å². The zero-order valence-electron chi connectivity index (χ0n) is 25.8. The lowest BCUT2D eigenvalue weighted by atomic mass is 10.1. The molecule has 0 aliphatic heterocycles. The predicted molar refractivity (Wildman–Crippen MR) is 181 cm³/mol. The van der Waals surface area contributed by atoms with Crippen molar-refractivity contribution in [2.75, 3.05) is 30.2 Å². The van der Waals surface area contributed by atoms with Crippen LogP contribution in [0.5, 0.6) is 11.5 Å². The van der Waals surface area contributed by atoms with Gasteiger partial charge < -0.3 is 30.7 Å². The second-order valence-electron chi connectivity index (χ2n) is 9.98. The van der Waals surface area contributed by atoms with Crippen LogP contribution in [0, 0.1) is 0 Å². The second kappa shape index (κ2) is 16.0. The standard InChI is InChI=1S/C35H34N4O6S/c1-22(33(41)37-27-13-11-26(12-14-27)36-23(2)40)46-29-17-15-28(16-18-29)38-35(43)30(39-34(42)25-8-6-5-7-9-25)20-24-10-19-31(44-3)32(21-24)45-4/h5-22H,1-4H3,(H,36,40)(H,37,41)(H,38,43)(H,39,42)/b30-20-. The van der Waals surface area contributed by atoms with Crippen molar-refractivity contribution in [3.63, 3.8) is 0 Å². The molecule has 0 fully saturated rings. The number of benzene rings is 4. The molecule has 11 heteroatoms. The summed E-state index contributed by atoms with van der Waals surface area (Å²) in [6, 6.07) is 27.6. The molecule has 46 heavy (non-hydrogen) atoms. The van der Waals surface area contributed by atoms with Gasteiger partial charge in [-0.25, -0.2) is 0 Å². The fourth-order valence-corrected chi connectivity index (χ4v) is 5.08. The molecule has 0 aliphatic rings. The molecular weight excluding hydrogens is 604 g/mol. The first-order chi connectivity index (χ1) is 22.1. The lowest BCUT2D eigenvalue weighted by Gasteiger charge is -2.14. The molecule has 4 aromatic rings. The average Bonchev–Trinajstić information content (AvgIpc) is 3.06. The van der Waals surface area contributed by atoms with Crippen molar-refractivity contribution in [2.24, 2.45) is 0 Å². The van der Waals surface area contributed by atoms with Crippen LogP contribution in [0.25, 0.3) is 6.08 Å². The fraction of sp³-hybridized carbons (Fsp3) is 0.143. The lowest BCUT2D eigenvalue weighted by molar-refractivity contribution is -0.115. The van der Waals surface area contributed by atoms with Gasteiger partial charge in [0.2, 0.25) is 11.8 Å². The van der Waals surface area contributed by atoms with Gasteiger partial charge in [-0.2, -0.15) is 0 Å². The maximum Gasteiger partial charge on any atom is 0.272 e. The van der Waals surface area contributed by atoms with Gasteiger partial charge in [-0.3, -0.25) is 19.2 Å². The molecule has 0 aromatic heterocycles. The molecule has 0 bridgehead atoms. The van der Waals surface area contributed by atoms with Gasteiger partial charge >= 0.3 is 0 Å². The van der Waals surface area contributed by atoms with Gasteiger partial charge in [0, 0.05) is 34.4 Å². The molecule has 0 saturated heterocycles. The summed E-state index contributed by atoms with van der Waals surface area (Å²) in [6.45, 7) is 3.22. The molecule has 4 N–H and O–H groups in total.